The van der Waals surface area contributed by atoms with Gasteiger partial charge in [0.2, 0.25) is 5.91 Å². The standard InChI is InChI=1S/C12H15FN2O3/c1-14(2)11(17)7-15(3)12(18)9-6-8(13)4-5-10(9)16/h4-6,16H,7H2,1-3H3. The van der Waals surface area contributed by atoms with Crippen LogP contribution in [0.1, 0.15) is 10.4 Å². The van der Waals surface area contributed by atoms with Gasteiger partial charge in [-0.3, -0.25) is 9.59 Å². The molecule has 0 aliphatic rings. The van der Waals surface area contributed by atoms with Gasteiger partial charge in [0.1, 0.15) is 11.6 Å². The molecule has 1 rings (SSSR count). The van der Waals surface area contributed by atoms with Crippen molar-refractivity contribution < 1.29 is 19.1 Å². The summed E-state index contributed by atoms with van der Waals surface area (Å²) in [6.45, 7) is -0.137. The minimum Gasteiger partial charge on any atom is -0.507 e. The molecular formula is C12H15FN2O3. The highest BCUT2D eigenvalue weighted by atomic mass is 19.1. The molecule has 0 saturated heterocycles. The molecule has 0 bridgehead atoms. The number of phenolic OH excluding ortho intramolecular Hbond substituents is 1. The first kappa shape index (κ1) is 14.0. The molecule has 0 aliphatic carbocycles. The summed E-state index contributed by atoms with van der Waals surface area (Å²) in [4.78, 5) is 25.8. The van der Waals surface area contributed by atoms with Gasteiger partial charge in [-0.1, -0.05) is 0 Å². The van der Waals surface area contributed by atoms with Crippen LogP contribution in [0.25, 0.3) is 0 Å². The Kier molecular flexibility index (Phi) is 4.25. The molecule has 6 heteroatoms. The molecule has 0 spiro atoms. The zero-order valence-electron chi connectivity index (χ0n) is 10.5. The van der Waals surface area contributed by atoms with E-state index < -0.39 is 11.7 Å². The summed E-state index contributed by atoms with van der Waals surface area (Å²) in [6, 6.07) is 3.09. The molecule has 5 nitrogen and oxygen atoms in total. The maximum absolute atomic E-state index is 13.0. The second-order valence-electron chi connectivity index (χ2n) is 4.11. The third kappa shape index (κ3) is 3.19. The maximum atomic E-state index is 13.0. The van der Waals surface area contributed by atoms with Gasteiger partial charge < -0.3 is 14.9 Å². The van der Waals surface area contributed by atoms with Crippen LogP contribution >= 0.6 is 0 Å². The lowest BCUT2D eigenvalue weighted by Crippen LogP contribution is -2.37. The highest BCUT2D eigenvalue weighted by molar-refractivity contribution is 5.98. The van der Waals surface area contributed by atoms with Gasteiger partial charge in [-0.2, -0.15) is 0 Å². The third-order valence-electron chi connectivity index (χ3n) is 2.41. The van der Waals surface area contributed by atoms with Crippen molar-refractivity contribution in [2.24, 2.45) is 0 Å². The van der Waals surface area contributed by atoms with E-state index in [0.29, 0.717) is 0 Å². The summed E-state index contributed by atoms with van der Waals surface area (Å²) >= 11 is 0. The summed E-state index contributed by atoms with van der Waals surface area (Å²) < 4.78 is 13.0. The molecule has 0 fully saturated rings. The zero-order chi connectivity index (χ0) is 13.9. The topological polar surface area (TPSA) is 60.9 Å². The number of rotatable bonds is 3. The van der Waals surface area contributed by atoms with Crippen LogP contribution in [0.5, 0.6) is 5.75 Å². The monoisotopic (exact) mass is 254 g/mol. The Labute approximate surface area is 104 Å². The minimum atomic E-state index is -0.622. The number of nitrogens with zero attached hydrogens (tertiary/aromatic N) is 2. The fourth-order valence-corrected chi connectivity index (χ4v) is 1.30. The smallest absolute Gasteiger partial charge is 0.257 e. The van der Waals surface area contributed by atoms with Gasteiger partial charge in [-0.05, 0) is 18.2 Å². The van der Waals surface area contributed by atoms with Crippen molar-refractivity contribution in [2.45, 2.75) is 0 Å². The second kappa shape index (κ2) is 5.48. The average molecular weight is 254 g/mol. The normalized spacial score (nSPS) is 10.0. The Morgan fingerprint density at radius 2 is 1.89 bits per heavy atom. The van der Waals surface area contributed by atoms with E-state index in [9.17, 15) is 19.1 Å². The number of carbonyl (C=O) groups excluding carboxylic acids is 2. The Hall–Kier alpha value is -2.11. The van der Waals surface area contributed by atoms with Crippen LogP contribution in [0.15, 0.2) is 18.2 Å². The Morgan fingerprint density at radius 3 is 2.44 bits per heavy atom. The summed E-state index contributed by atoms with van der Waals surface area (Å²) in [6.07, 6.45) is 0. The lowest BCUT2D eigenvalue weighted by molar-refractivity contribution is -0.129. The molecule has 0 aromatic heterocycles. The number of halogens is 1. The summed E-state index contributed by atoms with van der Waals surface area (Å²) in [5.41, 5.74) is -0.163. The summed E-state index contributed by atoms with van der Waals surface area (Å²) in [5, 5.41) is 9.49. The molecule has 0 aliphatic heterocycles. The van der Waals surface area contributed by atoms with E-state index in [4.69, 9.17) is 0 Å². The number of likely N-dealkylation sites (N-methyl/N-ethyl adjacent to an activating group) is 2. The van der Waals surface area contributed by atoms with Crippen molar-refractivity contribution in [3.63, 3.8) is 0 Å². The van der Waals surface area contributed by atoms with Crippen molar-refractivity contribution in [2.75, 3.05) is 27.7 Å². The first-order chi connectivity index (χ1) is 8.32. The van der Waals surface area contributed by atoms with Gasteiger partial charge in [0.25, 0.3) is 5.91 Å². The second-order valence-corrected chi connectivity index (χ2v) is 4.11. The predicted octanol–water partition coefficient (Wildman–Crippen LogP) is 0.692. The van der Waals surface area contributed by atoms with Crippen molar-refractivity contribution in [3.8, 4) is 5.75 Å². The molecule has 0 saturated carbocycles. The highest BCUT2D eigenvalue weighted by Gasteiger charge is 2.19. The molecule has 18 heavy (non-hydrogen) atoms. The van der Waals surface area contributed by atoms with Crippen LogP contribution in [-0.2, 0) is 4.79 Å². The number of aromatic hydroxyl groups is 1. The Bertz CT molecular complexity index is 474. The third-order valence-corrected chi connectivity index (χ3v) is 2.41. The van der Waals surface area contributed by atoms with E-state index in [-0.39, 0.29) is 23.8 Å². The highest BCUT2D eigenvalue weighted by Crippen LogP contribution is 2.19. The number of phenols is 1. The molecule has 1 aromatic carbocycles. The lowest BCUT2D eigenvalue weighted by atomic mass is 10.1. The first-order valence-corrected chi connectivity index (χ1v) is 5.27. The molecular weight excluding hydrogens is 239 g/mol. The molecule has 1 N–H and O–H groups in total. The van der Waals surface area contributed by atoms with E-state index >= 15 is 0 Å². The number of hydrogen-bond acceptors (Lipinski definition) is 3. The Morgan fingerprint density at radius 1 is 1.28 bits per heavy atom. The SMILES string of the molecule is CN(C)C(=O)CN(C)C(=O)c1cc(F)ccc1O. The number of amides is 2. The molecule has 2 amide bonds. The van der Waals surface area contributed by atoms with Gasteiger partial charge in [0.15, 0.2) is 0 Å². The van der Waals surface area contributed by atoms with Gasteiger partial charge >= 0.3 is 0 Å². The lowest BCUT2D eigenvalue weighted by Gasteiger charge is -2.19. The number of hydrogen-bond donors (Lipinski definition) is 1. The van der Waals surface area contributed by atoms with E-state index in [0.717, 1.165) is 23.1 Å². The van der Waals surface area contributed by atoms with E-state index in [1.165, 1.54) is 11.9 Å². The van der Waals surface area contributed by atoms with Crippen LogP contribution in [0.2, 0.25) is 0 Å². The average Bonchev–Trinajstić information content (AvgIpc) is 2.31. The van der Waals surface area contributed by atoms with Gasteiger partial charge in [-0.25, -0.2) is 4.39 Å². The van der Waals surface area contributed by atoms with Crippen LogP contribution < -0.4 is 0 Å². The molecule has 0 radical (unpaired) electrons. The molecule has 98 valence electrons. The van der Waals surface area contributed by atoms with Crippen LogP contribution in [0.3, 0.4) is 0 Å². The minimum absolute atomic E-state index is 0.137. The van der Waals surface area contributed by atoms with Crippen LogP contribution in [0.4, 0.5) is 4.39 Å². The Balaban J connectivity index is 2.87. The predicted molar refractivity (Wildman–Crippen MR) is 63.7 cm³/mol. The largest absolute Gasteiger partial charge is 0.507 e. The summed E-state index contributed by atoms with van der Waals surface area (Å²) in [5.74, 6) is -1.81. The van der Waals surface area contributed by atoms with Crippen molar-refractivity contribution in [3.05, 3.63) is 29.6 Å². The molecule has 0 heterocycles. The molecule has 1 aromatic rings. The van der Waals surface area contributed by atoms with Gasteiger partial charge in [0.05, 0.1) is 12.1 Å². The van der Waals surface area contributed by atoms with Gasteiger partial charge in [0, 0.05) is 21.1 Å². The zero-order valence-corrected chi connectivity index (χ0v) is 10.5. The van der Waals surface area contributed by atoms with E-state index in [1.54, 1.807) is 14.1 Å². The van der Waals surface area contributed by atoms with E-state index in [1.807, 2.05) is 0 Å². The number of carbonyl (C=O) groups is 2. The van der Waals surface area contributed by atoms with Crippen LogP contribution in [0, 0.1) is 5.82 Å². The van der Waals surface area contributed by atoms with Crippen molar-refractivity contribution in [1.29, 1.82) is 0 Å². The fourth-order valence-electron chi connectivity index (χ4n) is 1.30. The quantitative estimate of drug-likeness (QED) is 0.863. The summed E-state index contributed by atoms with van der Waals surface area (Å²) in [7, 11) is 4.55. The molecule has 0 unspecified atom stereocenters. The van der Waals surface area contributed by atoms with E-state index in [2.05, 4.69) is 0 Å². The first-order valence-electron chi connectivity index (χ1n) is 5.27. The fraction of sp³-hybridized carbons (Fsp3) is 0.333. The van der Waals surface area contributed by atoms with Gasteiger partial charge in [-0.15, -0.1) is 0 Å². The van der Waals surface area contributed by atoms with Crippen LogP contribution in [-0.4, -0.2) is 54.4 Å². The maximum Gasteiger partial charge on any atom is 0.257 e. The number of benzene rings is 1. The van der Waals surface area contributed by atoms with Crippen molar-refractivity contribution >= 4 is 11.8 Å². The van der Waals surface area contributed by atoms with Crippen molar-refractivity contribution in [1.82, 2.24) is 9.80 Å². The molecule has 0 atom stereocenters.